The van der Waals surface area contributed by atoms with Crippen molar-refractivity contribution < 1.29 is 8.42 Å². The lowest BCUT2D eigenvalue weighted by molar-refractivity contribution is 0.448. The number of nitrogens with two attached hydrogens (primary N) is 1. The van der Waals surface area contributed by atoms with Crippen LogP contribution >= 0.6 is 12.2 Å². The van der Waals surface area contributed by atoms with E-state index in [1.54, 1.807) is 13.8 Å². The molecule has 0 aromatic carbocycles. The molecule has 0 aromatic rings. The van der Waals surface area contributed by atoms with Crippen molar-refractivity contribution in [3.05, 3.63) is 0 Å². The van der Waals surface area contributed by atoms with E-state index in [0.29, 0.717) is 13.1 Å². The molecule has 5 nitrogen and oxygen atoms in total. The maximum Gasteiger partial charge on any atom is 0.280 e. The van der Waals surface area contributed by atoms with Crippen LogP contribution in [0.5, 0.6) is 0 Å². The SMILES string of the molecule is CC(C)(NS(=O)(=O)N1CCCC1)C(N)=S. The highest BCUT2D eigenvalue weighted by Crippen LogP contribution is 2.14. The van der Waals surface area contributed by atoms with E-state index in [1.807, 2.05) is 0 Å². The van der Waals surface area contributed by atoms with E-state index >= 15 is 0 Å². The van der Waals surface area contributed by atoms with Crippen molar-refractivity contribution in [2.24, 2.45) is 5.73 Å². The molecule has 1 fully saturated rings. The summed E-state index contributed by atoms with van der Waals surface area (Å²) < 4.78 is 27.6. The third-order valence-corrected chi connectivity index (χ3v) is 4.73. The average molecular weight is 251 g/mol. The van der Waals surface area contributed by atoms with Gasteiger partial charge in [-0.1, -0.05) is 12.2 Å². The first-order valence-electron chi connectivity index (χ1n) is 4.85. The minimum Gasteiger partial charge on any atom is -0.392 e. The molecule has 1 aliphatic heterocycles. The summed E-state index contributed by atoms with van der Waals surface area (Å²) in [7, 11) is -3.45. The van der Waals surface area contributed by atoms with Crippen molar-refractivity contribution in [1.82, 2.24) is 9.03 Å². The first-order chi connectivity index (χ1) is 6.76. The van der Waals surface area contributed by atoms with Crippen LogP contribution in [0.2, 0.25) is 0 Å². The highest BCUT2D eigenvalue weighted by molar-refractivity contribution is 7.87. The molecule has 1 heterocycles. The first kappa shape index (κ1) is 12.8. The summed E-state index contributed by atoms with van der Waals surface area (Å²) in [6.45, 7) is 4.46. The molecule has 0 radical (unpaired) electrons. The van der Waals surface area contributed by atoms with E-state index in [0.717, 1.165) is 12.8 Å². The molecule has 0 unspecified atom stereocenters. The van der Waals surface area contributed by atoms with E-state index in [1.165, 1.54) is 4.31 Å². The van der Waals surface area contributed by atoms with Crippen LogP contribution in [-0.2, 0) is 10.2 Å². The molecule has 0 aromatic heterocycles. The largest absolute Gasteiger partial charge is 0.392 e. The normalized spacial score (nSPS) is 19.3. The molecule has 7 heteroatoms. The fraction of sp³-hybridized carbons (Fsp3) is 0.875. The molecule has 15 heavy (non-hydrogen) atoms. The van der Waals surface area contributed by atoms with E-state index in [2.05, 4.69) is 4.72 Å². The quantitative estimate of drug-likeness (QED) is 0.689. The molecular weight excluding hydrogens is 234 g/mol. The molecule has 1 rings (SSSR count). The monoisotopic (exact) mass is 251 g/mol. The number of nitrogens with zero attached hydrogens (tertiary/aromatic N) is 1. The topological polar surface area (TPSA) is 75.4 Å². The zero-order valence-corrected chi connectivity index (χ0v) is 10.6. The predicted molar refractivity (Wildman–Crippen MR) is 63.7 cm³/mol. The van der Waals surface area contributed by atoms with Gasteiger partial charge in [0.05, 0.1) is 10.5 Å². The zero-order chi connectivity index (χ0) is 11.7. The van der Waals surface area contributed by atoms with Crippen molar-refractivity contribution in [3.63, 3.8) is 0 Å². The van der Waals surface area contributed by atoms with Gasteiger partial charge in [0, 0.05) is 13.1 Å². The first-order valence-corrected chi connectivity index (χ1v) is 6.69. The Morgan fingerprint density at radius 3 is 2.27 bits per heavy atom. The minimum absolute atomic E-state index is 0.144. The Balaban J connectivity index is 2.76. The van der Waals surface area contributed by atoms with E-state index in [9.17, 15) is 8.42 Å². The van der Waals surface area contributed by atoms with Gasteiger partial charge in [0.2, 0.25) is 0 Å². The number of thiocarbonyl (C=S) groups is 1. The number of nitrogens with one attached hydrogen (secondary N) is 1. The van der Waals surface area contributed by atoms with Crippen molar-refractivity contribution in [2.45, 2.75) is 32.2 Å². The fourth-order valence-corrected chi connectivity index (χ4v) is 3.10. The van der Waals surface area contributed by atoms with Gasteiger partial charge in [-0.05, 0) is 26.7 Å². The van der Waals surface area contributed by atoms with Gasteiger partial charge in [0.25, 0.3) is 10.2 Å². The maximum absolute atomic E-state index is 11.9. The van der Waals surface area contributed by atoms with Gasteiger partial charge in [-0.15, -0.1) is 0 Å². The maximum atomic E-state index is 11.9. The molecule has 1 saturated heterocycles. The highest BCUT2D eigenvalue weighted by atomic mass is 32.2. The Morgan fingerprint density at radius 1 is 1.40 bits per heavy atom. The number of rotatable bonds is 4. The second-order valence-corrected chi connectivity index (χ2v) is 6.31. The van der Waals surface area contributed by atoms with Crippen LogP contribution in [0, 0.1) is 0 Å². The van der Waals surface area contributed by atoms with Crippen LogP contribution in [0.15, 0.2) is 0 Å². The molecular formula is C8H17N3O2S2. The lowest BCUT2D eigenvalue weighted by Crippen LogP contribution is -2.55. The Labute approximate surface area is 96.2 Å². The average Bonchev–Trinajstić information content (AvgIpc) is 2.53. The number of hydrogen-bond donors (Lipinski definition) is 2. The Morgan fingerprint density at radius 2 is 1.87 bits per heavy atom. The summed E-state index contributed by atoms with van der Waals surface area (Å²) in [5.74, 6) is 0. The predicted octanol–water partition coefficient (Wildman–Crippen LogP) is -0.0187. The lowest BCUT2D eigenvalue weighted by Gasteiger charge is -2.27. The fourth-order valence-electron chi connectivity index (χ4n) is 1.37. The van der Waals surface area contributed by atoms with E-state index < -0.39 is 15.7 Å². The van der Waals surface area contributed by atoms with Gasteiger partial charge in [-0.2, -0.15) is 17.4 Å². The standard InChI is InChI=1S/C8H17N3O2S2/c1-8(2,7(9)14)10-15(12,13)11-5-3-4-6-11/h10H,3-6H2,1-2H3,(H2,9,14). The zero-order valence-electron chi connectivity index (χ0n) is 8.99. The summed E-state index contributed by atoms with van der Waals surface area (Å²) in [6, 6.07) is 0. The third kappa shape index (κ3) is 3.10. The molecule has 0 saturated carbocycles. The van der Waals surface area contributed by atoms with Gasteiger partial charge in [0.15, 0.2) is 0 Å². The molecule has 3 N–H and O–H groups in total. The molecule has 88 valence electrons. The van der Waals surface area contributed by atoms with Crippen LogP contribution in [-0.4, -0.2) is 36.3 Å². The lowest BCUT2D eigenvalue weighted by atomic mass is 10.1. The molecule has 0 bridgehead atoms. The molecule has 0 amide bonds. The van der Waals surface area contributed by atoms with Gasteiger partial charge in [-0.3, -0.25) is 0 Å². The second kappa shape index (κ2) is 4.32. The van der Waals surface area contributed by atoms with Crippen LogP contribution in [0.3, 0.4) is 0 Å². The summed E-state index contributed by atoms with van der Waals surface area (Å²) in [5.41, 5.74) is 4.58. The summed E-state index contributed by atoms with van der Waals surface area (Å²) in [5, 5.41) is 0. The Kier molecular flexibility index (Phi) is 3.70. The second-order valence-electron chi connectivity index (χ2n) is 4.20. The Hall–Kier alpha value is -0.240. The molecule has 0 spiro atoms. The highest BCUT2D eigenvalue weighted by Gasteiger charge is 2.32. The van der Waals surface area contributed by atoms with Crippen molar-refractivity contribution in [3.8, 4) is 0 Å². The summed E-state index contributed by atoms with van der Waals surface area (Å²) in [6.07, 6.45) is 1.82. The summed E-state index contributed by atoms with van der Waals surface area (Å²) in [4.78, 5) is 0.144. The van der Waals surface area contributed by atoms with Gasteiger partial charge in [-0.25, -0.2) is 0 Å². The minimum atomic E-state index is -3.45. The van der Waals surface area contributed by atoms with E-state index in [-0.39, 0.29) is 4.99 Å². The Bertz CT molecular complexity index is 345. The van der Waals surface area contributed by atoms with E-state index in [4.69, 9.17) is 18.0 Å². The molecule has 0 atom stereocenters. The smallest absolute Gasteiger partial charge is 0.280 e. The van der Waals surface area contributed by atoms with Crippen LogP contribution < -0.4 is 10.5 Å². The molecule has 0 aliphatic carbocycles. The van der Waals surface area contributed by atoms with Crippen LogP contribution in [0.4, 0.5) is 0 Å². The molecule has 1 aliphatic rings. The van der Waals surface area contributed by atoms with Crippen molar-refractivity contribution in [1.29, 1.82) is 0 Å². The number of hydrogen-bond acceptors (Lipinski definition) is 3. The summed E-state index contributed by atoms with van der Waals surface area (Å²) >= 11 is 4.81. The van der Waals surface area contributed by atoms with Crippen LogP contribution in [0.1, 0.15) is 26.7 Å². The van der Waals surface area contributed by atoms with Crippen molar-refractivity contribution in [2.75, 3.05) is 13.1 Å². The van der Waals surface area contributed by atoms with Gasteiger partial charge in [0.1, 0.15) is 0 Å². The van der Waals surface area contributed by atoms with Gasteiger partial charge >= 0.3 is 0 Å². The third-order valence-electron chi connectivity index (χ3n) is 2.41. The van der Waals surface area contributed by atoms with Gasteiger partial charge < -0.3 is 5.73 Å². The van der Waals surface area contributed by atoms with Crippen molar-refractivity contribution >= 4 is 27.4 Å². The van der Waals surface area contributed by atoms with Crippen LogP contribution in [0.25, 0.3) is 0 Å².